The molecule has 2 N–H and O–H groups in total. The minimum absolute atomic E-state index is 0.0846. The van der Waals surface area contributed by atoms with Crippen LogP contribution in [0.3, 0.4) is 0 Å². The second-order valence-electron chi connectivity index (χ2n) is 15.2. The molecule has 4 fully saturated rings. The van der Waals surface area contributed by atoms with Crippen molar-refractivity contribution in [3.63, 3.8) is 0 Å². The fourth-order valence-corrected chi connectivity index (χ4v) is 9.12. The van der Waals surface area contributed by atoms with Gasteiger partial charge in [0.15, 0.2) is 5.11 Å². The highest BCUT2D eigenvalue weighted by Gasteiger charge is 2.52. The number of nitrogens with one attached hydrogen (secondary N) is 2. The Kier molecular flexibility index (Phi) is 11.9. The summed E-state index contributed by atoms with van der Waals surface area (Å²) in [7, 11) is 0. The molecule has 2 aromatic rings. The predicted molar refractivity (Wildman–Crippen MR) is 206 cm³/mol. The van der Waals surface area contributed by atoms with Crippen LogP contribution in [0.1, 0.15) is 83.3 Å². The summed E-state index contributed by atoms with van der Waals surface area (Å²) in [4.78, 5) is 58.6. The number of halogens is 1. The smallest absolute Gasteiger partial charge is 0.258 e. The number of carbonyl (C=O) groups excluding carboxylic acids is 4. The maximum atomic E-state index is 13.6. The molecule has 0 bridgehead atoms. The molecule has 0 spiro atoms. The summed E-state index contributed by atoms with van der Waals surface area (Å²) in [6, 6.07) is 14.8. The van der Waals surface area contributed by atoms with Crippen molar-refractivity contribution in [3.05, 3.63) is 58.6 Å². The Labute approximate surface area is 321 Å². The van der Waals surface area contributed by atoms with Crippen molar-refractivity contribution >= 4 is 63.9 Å². The molecule has 1 aliphatic carbocycles. The Bertz CT molecular complexity index is 1780. The number of amides is 4. The van der Waals surface area contributed by atoms with Crippen LogP contribution in [0.15, 0.2) is 42.5 Å². The predicted octanol–water partition coefficient (Wildman–Crippen LogP) is 4.81. The molecular formula is C39H48ClN7O5S. The van der Waals surface area contributed by atoms with Gasteiger partial charge in [-0.05, 0) is 108 Å². The molecule has 3 atom stereocenters. The molecule has 4 amide bonds. The van der Waals surface area contributed by atoms with Crippen LogP contribution in [-0.4, -0.2) is 106 Å². The number of piperidine rings is 1. The quantitative estimate of drug-likeness (QED) is 0.257. The van der Waals surface area contributed by atoms with E-state index in [0.29, 0.717) is 41.5 Å². The summed E-state index contributed by atoms with van der Waals surface area (Å²) >= 11 is 12.2. The molecule has 3 aliphatic heterocycles. The molecule has 0 aromatic heterocycles. The van der Waals surface area contributed by atoms with Crippen LogP contribution in [0, 0.1) is 11.3 Å². The number of carbonyl (C=O) groups is 4. The van der Waals surface area contributed by atoms with E-state index in [1.54, 1.807) is 35.2 Å². The van der Waals surface area contributed by atoms with Crippen molar-refractivity contribution in [1.29, 1.82) is 5.26 Å². The second kappa shape index (κ2) is 16.2. The Morgan fingerprint density at radius 3 is 2.34 bits per heavy atom. The summed E-state index contributed by atoms with van der Waals surface area (Å²) < 4.78 is 6.38. The van der Waals surface area contributed by atoms with Crippen molar-refractivity contribution in [3.8, 4) is 6.07 Å². The minimum Gasteiger partial charge on any atom is -0.377 e. The number of piperazine rings is 1. The van der Waals surface area contributed by atoms with Crippen molar-refractivity contribution in [2.75, 3.05) is 43.0 Å². The van der Waals surface area contributed by atoms with Crippen molar-refractivity contribution in [2.45, 2.75) is 102 Å². The lowest BCUT2D eigenvalue weighted by atomic mass is 9.89. The van der Waals surface area contributed by atoms with E-state index in [9.17, 15) is 24.4 Å². The fraction of sp³-hybridized carbons (Fsp3) is 0.538. The van der Waals surface area contributed by atoms with Gasteiger partial charge in [0.25, 0.3) is 5.91 Å². The SMILES string of the molecule is C[C@@H]1CN(CCOC2CCC(N3C(=S)N(c4ccc(C#N)c(Cl)c4)C(=O)C3(C)C)CC2)C[C@H](C)N1CC(=O)Nc1ccc(C2CCC(=O)NC2=O)cc1. The highest BCUT2D eigenvalue weighted by molar-refractivity contribution is 7.80. The van der Waals surface area contributed by atoms with Crippen molar-refractivity contribution in [1.82, 2.24) is 20.0 Å². The number of nitriles is 1. The van der Waals surface area contributed by atoms with Crippen LogP contribution in [0.2, 0.25) is 5.02 Å². The van der Waals surface area contributed by atoms with Crippen LogP contribution < -0.4 is 15.5 Å². The first-order valence-electron chi connectivity index (χ1n) is 18.5. The highest BCUT2D eigenvalue weighted by Crippen LogP contribution is 2.39. The Hall–Kier alpha value is -3.93. The fourth-order valence-electron chi connectivity index (χ4n) is 8.34. The van der Waals surface area contributed by atoms with Crippen LogP contribution in [0.5, 0.6) is 0 Å². The lowest BCUT2D eigenvalue weighted by Crippen LogP contribution is -2.58. The number of benzene rings is 2. The molecule has 0 radical (unpaired) electrons. The average Bonchev–Trinajstić information content (AvgIpc) is 3.29. The number of nitrogens with zero attached hydrogens (tertiary/aromatic N) is 5. The van der Waals surface area contributed by atoms with E-state index in [0.717, 1.165) is 50.9 Å². The number of hydrogen-bond donors (Lipinski definition) is 2. The lowest BCUT2D eigenvalue weighted by Gasteiger charge is -2.44. The third kappa shape index (κ3) is 8.42. The normalized spacial score (nSPS) is 26.8. The molecular weight excluding hydrogens is 714 g/mol. The summed E-state index contributed by atoms with van der Waals surface area (Å²) in [5.41, 5.74) is 1.61. The minimum atomic E-state index is -0.809. The molecule has 2 aromatic carbocycles. The topological polar surface area (TPSA) is 138 Å². The van der Waals surface area contributed by atoms with Crippen molar-refractivity contribution in [2.24, 2.45) is 0 Å². The van der Waals surface area contributed by atoms with E-state index >= 15 is 0 Å². The molecule has 282 valence electrons. The number of hydrogen-bond acceptors (Lipinski definition) is 9. The molecule has 4 aliphatic rings. The van der Waals surface area contributed by atoms with Crippen LogP contribution in [0.4, 0.5) is 11.4 Å². The number of ether oxygens (including phenoxy) is 1. The Balaban J connectivity index is 0.926. The van der Waals surface area contributed by atoms with E-state index in [2.05, 4.69) is 45.3 Å². The van der Waals surface area contributed by atoms with E-state index in [4.69, 9.17) is 28.6 Å². The first-order valence-corrected chi connectivity index (χ1v) is 19.3. The summed E-state index contributed by atoms with van der Waals surface area (Å²) in [5, 5.41) is 15.4. The molecule has 1 unspecified atom stereocenters. The van der Waals surface area contributed by atoms with E-state index in [-0.39, 0.29) is 65.3 Å². The Morgan fingerprint density at radius 2 is 1.72 bits per heavy atom. The van der Waals surface area contributed by atoms with Gasteiger partial charge in [-0.15, -0.1) is 0 Å². The lowest BCUT2D eigenvalue weighted by molar-refractivity contribution is -0.134. The van der Waals surface area contributed by atoms with Gasteiger partial charge in [-0.1, -0.05) is 23.7 Å². The van der Waals surface area contributed by atoms with Crippen LogP contribution in [-0.2, 0) is 23.9 Å². The van der Waals surface area contributed by atoms with E-state index < -0.39 is 5.54 Å². The van der Waals surface area contributed by atoms with Gasteiger partial charge in [0.1, 0.15) is 11.6 Å². The zero-order valence-electron chi connectivity index (χ0n) is 30.8. The number of rotatable bonds is 10. The van der Waals surface area contributed by atoms with Crippen LogP contribution in [0.25, 0.3) is 0 Å². The standard InChI is InChI=1S/C39H48ClN7O5S/c1-24-21-44(22-25(2)45(24)23-35(49)42-28-8-5-26(6-9-28)32-15-16-34(48)43-36(32)50)17-18-52-31-13-11-29(12-14-31)47-38(53)46(37(51)39(47,3)4)30-10-7-27(20-41)33(40)19-30/h5-10,19,24-25,29,31-32H,11-18,21-23H2,1-4H3,(H,42,49)(H,43,48,50)/t24-,25+,29?,31?,32?. The largest absolute Gasteiger partial charge is 0.377 e. The number of imide groups is 1. The van der Waals surface area contributed by atoms with E-state index in [1.165, 1.54) is 0 Å². The molecule has 3 heterocycles. The van der Waals surface area contributed by atoms with Gasteiger partial charge in [0.05, 0.1) is 41.4 Å². The highest BCUT2D eigenvalue weighted by atomic mass is 35.5. The molecule has 53 heavy (non-hydrogen) atoms. The van der Waals surface area contributed by atoms with Crippen LogP contribution >= 0.6 is 23.8 Å². The van der Waals surface area contributed by atoms with E-state index in [1.807, 2.05) is 26.0 Å². The summed E-state index contributed by atoms with van der Waals surface area (Å²) in [6.07, 6.45) is 4.45. The van der Waals surface area contributed by atoms with Crippen molar-refractivity contribution < 1.29 is 23.9 Å². The molecule has 12 nitrogen and oxygen atoms in total. The number of anilines is 2. The second-order valence-corrected chi connectivity index (χ2v) is 16.0. The zero-order valence-corrected chi connectivity index (χ0v) is 32.3. The Morgan fingerprint density at radius 1 is 1.04 bits per heavy atom. The first kappa shape index (κ1) is 38.8. The molecule has 6 rings (SSSR count). The van der Waals surface area contributed by atoms with Gasteiger partial charge in [0.2, 0.25) is 17.7 Å². The maximum absolute atomic E-state index is 13.6. The zero-order chi connectivity index (χ0) is 38.0. The maximum Gasteiger partial charge on any atom is 0.258 e. The van der Waals surface area contributed by atoms with Gasteiger partial charge < -0.3 is 15.0 Å². The molecule has 3 saturated heterocycles. The molecule has 1 saturated carbocycles. The third-order valence-electron chi connectivity index (χ3n) is 11.2. The summed E-state index contributed by atoms with van der Waals surface area (Å²) in [6.45, 7) is 11.5. The third-order valence-corrected chi connectivity index (χ3v) is 11.9. The summed E-state index contributed by atoms with van der Waals surface area (Å²) in [5.74, 6) is -1.06. The first-order chi connectivity index (χ1) is 25.3. The van der Waals surface area contributed by atoms with Gasteiger partial charge in [0, 0.05) is 49.9 Å². The number of thiocarbonyl (C=S) groups is 1. The van der Waals surface area contributed by atoms with Gasteiger partial charge >= 0.3 is 0 Å². The van der Waals surface area contributed by atoms with Gasteiger partial charge in [-0.3, -0.25) is 39.2 Å². The monoisotopic (exact) mass is 761 g/mol. The average molecular weight is 762 g/mol. The van der Waals surface area contributed by atoms with Gasteiger partial charge in [-0.25, -0.2) is 0 Å². The molecule has 14 heteroatoms. The van der Waals surface area contributed by atoms with Gasteiger partial charge in [-0.2, -0.15) is 5.26 Å².